The third-order valence-corrected chi connectivity index (χ3v) is 10.1. The van der Waals surface area contributed by atoms with Gasteiger partial charge in [0, 0.05) is 16.8 Å². The molecule has 0 aromatic heterocycles. The quantitative estimate of drug-likeness (QED) is 0.414. The molecule has 4 heterocycles. The molecule has 7 nitrogen and oxygen atoms in total. The summed E-state index contributed by atoms with van der Waals surface area (Å²) in [6.07, 6.45) is 9.22. The van der Waals surface area contributed by atoms with Gasteiger partial charge in [-0.25, -0.2) is 0 Å². The highest BCUT2D eigenvalue weighted by molar-refractivity contribution is 8.02. The molecule has 4 aliphatic rings. The molecule has 0 aliphatic carbocycles. The third-order valence-electron chi connectivity index (χ3n) is 8.29. The zero-order valence-electron chi connectivity index (χ0n) is 23.6. The summed E-state index contributed by atoms with van der Waals surface area (Å²) in [6.45, 7) is 17.1. The lowest BCUT2D eigenvalue weighted by molar-refractivity contribution is -0.153. The number of cyclic esters (lactones) is 1. The van der Waals surface area contributed by atoms with Crippen molar-refractivity contribution in [3.05, 3.63) is 24.3 Å². The van der Waals surface area contributed by atoms with Crippen molar-refractivity contribution < 1.29 is 24.2 Å². The Labute approximate surface area is 226 Å². The number of hydrogen-bond acceptors (Lipinski definition) is 6. The Morgan fingerprint density at radius 1 is 1.08 bits per heavy atom. The van der Waals surface area contributed by atoms with Crippen LogP contribution in [0.3, 0.4) is 0 Å². The van der Waals surface area contributed by atoms with Crippen LogP contribution in [0.1, 0.15) is 68.2 Å². The van der Waals surface area contributed by atoms with Gasteiger partial charge in [0.05, 0.1) is 29.2 Å². The second-order valence-corrected chi connectivity index (χ2v) is 15.4. The number of rotatable bonds is 6. The largest absolute Gasteiger partial charge is 0.461 e. The van der Waals surface area contributed by atoms with E-state index in [2.05, 4.69) is 34.6 Å². The molecule has 206 valence electrons. The number of amides is 2. The smallest absolute Gasteiger partial charge is 0.311 e. The van der Waals surface area contributed by atoms with Crippen LogP contribution in [0.5, 0.6) is 0 Å². The maximum Gasteiger partial charge on any atom is 0.311 e. The van der Waals surface area contributed by atoms with Crippen LogP contribution < -0.4 is 0 Å². The van der Waals surface area contributed by atoms with Crippen molar-refractivity contribution >= 4 is 29.5 Å². The van der Waals surface area contributed by atoms with Crippen LogP contribution in [-0.2, 0) is 19.1 Å². The molecule has 8 heteroatoms. The van der Waals surface area contributed by atoms with Gasteiger partial charge in [0.25, 0.3) is 0 Å². The molecule has 6 atom stereocenters. The first-order valence-corrected chi connectivity index (χ1v) is 14.4. The first-order valence-electron chi connectivity index (χ1n) is 13.5. The fraction of sp³-hybridized carbons (Fsp3) is 0.759. The maximum atomic E-state index is 14.7. The highest BCUT2D eigenvalue weighted by atomic mass is 32.2. The van der Waals surface area contributed by atoms with Crippen molar-refractivity contribution in [2.45, 2.75) is 95.3 Å². The van der Waals surface area contributed by atoms with Gasteiger partial charge in [-0.3, -0.25) is 14.4 Å². The van der Waals surface area contributed by atoms with E-state index in [0.717, 1.165) is 6.42 Å². The second kappa shape index (κ2) is 9.44. The molecule has 2 saturated heterocycles. The van der Waals surface area contributed by atoms with E-state index in [1.807, 2.05) is 50.0 Å². The van der Waals surface area contributed by atoms with Gasteiger partial charge in [0.15, 0.2) is 0 Å². The lowest BCUT2D eigenvalue weighted by Crippen LogP contribution is -2.60. The zero-order valence-corrected chi connectivity index (χ0v) is 24.4. The van der Waals surface area contributed by atoms with Crippen molar-refractivity contribution in [2.75, 3.05) is 19.8 Å². The van der Waals surface area contributed by atoms with E-state index in [0.29, 0.717) is 13.0 Å². The fourth-order valence-electron chi connectivity index (χ4n) is 7.45. The van der Waals surface area contributed by atoms with E-state index < -0.39 is 44.9 Å². The van der Waals surface area contributed by atoms with Crippen molar-refractivity contribution in [2.24, 2.45) is 23.2 Å². The van der Waals surface area contributed by atoms with E-state index in [1.54, 1.807) is 16.7 Å². The number of esters is 1. The van der Waals surface area contributed by atoms with Crippen molar-refractivity contribution in [3.63, 3.8) is 0 Å². The van der Waals surface area contributed by atoms with Gasteiger partial charge in [-0.05, 0) is 51.0 Å². The monoisotopic (exact) mass is 532 g/mol. The Balaban J connectivity index is 1.88. The molecule has 4 rings (SSSR count). The molecule has 4 aliphatic heterocycles. The number of carbonyl (C=O) groups is 3. The molecule has 0 aromatic rings. The molecule has 2 fully saturated rings. The summed E-state index contributed by atoms with van der Waals surface area (Å²) in [5.41, 5.74) is -0.463. The average molecular weight is 533 g/mol. The van der Waals surface area contributed by atoms with Crippen LogP contribution in [0.25, 0.3) is 0 Å². The van der Waals surface area contributed by atoms with E-state index in [1.165, 1.54) is 0 Å². The van der Waals surface area contributed by atoms with E-state index >= 15 is 0 Å². The van der Waals surface area contributed by atoms with Gasteiger partial charge >= 0.3 is 5.97 Å². The predicted molar refractivity (Wildman–Crippen MR) is 146 cm³/mol. The standard InChI is InChI=1S/C29H44N2O5S/c1-18(2)15-19(16-32)31-22-24(34)30(27(6,7)17-26(3,4)5)13-9-12-29(22)20(23(31)33)21-25(35)36-14-10-11-28(21,8)37-29/h9-12,18-22,32H,13-17H2,1-8H3/t19-,20+,21+,22?,28-,29+/m1/s1. The number of aliphatic hydroxyl groups excluding tert-OH is 1. The topological polar surface area (TPSA) is 87.2 Å². The van der Waals surface area contributed by atoms with Crippen LogP contribution in [0.4, 0.5) is 0 Å². The number of hydrogen-bond donors (Lipinski definition) is 1. The van der Waals surface area contributed by atoms with Crippen LogP contribution in [-0.4, -0.2) is 79.6 Å². The van der Waals surface area contributed by atoms with Crippen molar-refractivity contribution in [1.82, 2.24) is 9.80 Å². The first kappa shape index (κ1) is 28.2. The number of carbonyl (C=O) groups excluding carboxylic acids is 3. The molecule has 1 spiro atoms. The van der Waals surface area contributed by atoms with Crippen LogP contribution in [0.15, 0.2) is 24.3 Å². The number of fused-ring (bicyclic) bond motifs is 2. The van der Waals surface area contributed by atoms with Gasteiger partial charge in [-0.2, -0.15) is 0 Å². The van der Waals surface area contributed by atoms with Gasteiger partial charge in [0.2, 0.25) is 11.8 Å². The molecule has 0 radical (unpaired) electrons. The number of nitrogens with zero attached hydrogens (tertiary/aromatic N) is 2. The van der Waals surface area contributed by atoms with Gasteiger partial charge in [-0.1, -0.05) is 52.8 Å². The van der Waals surface area contributed by atoms with Crippen molar-refractivity contribution in [3.8, 4) is 0 Å². The van der Waals surface area contributed by atoms with Crippen LogP contribution in [0, 0.1) is 23.2 Å². The van der Waals surface area contributed by atoms with Crippen LogP contribution >= 0.6 is 11.8 Å². The lowest BCUT2D eigenvalue weighted by atomic mass is 9.74. The Bertz CT molecular complexity index is 1010. The molecule has 1 N–H and O–H groups in total. The number of ether oxygens (including phenoxy) is 1. The molecule has 0 saturated carbocycles. The van der Waals surface area contributed by atoms with Gasteiger partial charge < -0.3 is 19.6 Å². The Morgan fingerprint density at radius 2 is 1.76 bits per heavy atom. The Morgan fingerprint density at radius 3 is 2.35 bits per heavy atom. The molecular formula is C29H44N2O5S. The normalized spacial score (nSPS) is 34.8. The SMILES string of the molecule is CC(C)C[C@H](CO)N1C(=O)[C@@H]2[C@H]3C(=O)OCC=C[C@@]3(C)S[C@@]23C=CCN(C(C)(C)CC(C)(C)C)C(=O)C13. The Hall–Kier alpha value is -1.80. The molecule has 37 heavy (non-hydrogen) atoms. The summed E-state index contributed by atoms with van der Waals surface area (Å²) in [4.78, 5) is 45.9. The summed E-state index contributed by atoms with van der Waals surface area (Å²) >= 11 is 1.55. The summed E-state index contributed by atoms with van der Waals surface area (Å²) in [5, 5.41) is 10.5. The molecular weight excluding hydrogens is 488 g/mol. The minimum absolute atomic E-state index is 0.00614. The molecule has 0 bridgehead atoms. The molecule has 0 aromatic carbocycles. The lowest BCUT2D eigenvalue weighted by Gasteiger charge is -2.46. The highest BCUT2D eigenvalue weighted by Crippen LogP contribution is 2.66. The number of likely N-dealkylation sites (tertiary alicyclic amines) is 1. The fourth-order valence-corrected chi connectivity index (χ4v) is 9.59. The van der Waals surface area contributed by atoms with E-state index in [9.17, 15) is 19.5 Å². The third kappa shape index (κ3) is 4.66. The Kier molecular flexibility index (Phi) is 7.20. The van der Waals surface area contributed by atoms with Gasteiger partial charge in [0.1, 0.15) is 12.6 Å². The van der Waals surface area contributed by atoms with Crippen molar-refractivity contribution in [1.29, 1.82) is 0 Å². The highest BCUT2D eigenvalue weighted by Gasteiger charge is 2.74. The second-order valence-electron chi connectivity index (χ2n) is 13.6. The summed E-state index contributed by atoms with van der Waals surface area (Å²) in [7, 11) is 0. The molecule has 1 unspecified atom stereocenters. The average Bonchev–Trinajstić information content (AvgIpc) is 3.01. The predicted octanol–water partition coefficient (Wildman–Crippen LogP) is 3.81. The van der Waals surface area contributed by atoms with Crippen LogP contribution in [0.2, 0.25) is 0 Å². The number of aliphatic hydroxyl groups is 1. The molecule has 2 amide bonds. The maximum absolute atomic E-state index is 14.7. The van der Waals surface area contributed by atoms with E-state index in [4.69, 9.17) is 4.74 Å². The zero-order chi connectivity index (χ0) is 27.6. The number of thioether (sulfide) groups is 1. The first-order chi connectivity index (χ1) is 17.1. The van der Waals surface area contributed by atoms with E-state index in [-0.39, 0.29) is 36.4 Å². The van der Waals surface area contributed by atoms with Gasteiger partial charge in [-0.15, -0.1) is 11.8 Å². The summed E-state index contributed by atoms with van der Waals surface area (Å²) in [6, 6.07) is -1.32. The summed E-state index contributed by atoms with van der Waals surface area (Å²) < 4.78 is 3.91. The minimum atomic E-state index is -0.925. The summed E-state index contributed by atoms with van der Waals surface area (Å²) in [5.74, 6) is -1.96. The minimum Gasteiger partial charge on any atom is -0.461 e.